The number of nitrogens with zero attached hydrogens (tertiary/aromatic N) is 1. The highest BCUT2D eigenvalue weighted by Crippen LogP contribution is 2.25. The molecule has 3 aromatic rings. The monoisotopic (exact) mass is 404 g/mol. The van der Waals surface area contributed by atoms with E-state index in [0.717, 1.165) is 15.1 Å². The molecule has 0 heterocycles. The van der Waals surface area contributed by atoms with Crippen LogP contribution in [0.25, 0.3) is 10.8 Å². The van der Waals surface area contributed by atoms with Gasteiger partial charge < -0.3 is 0 Å². The Kier molecular flexibility index (Phi) is 4.98. The summed E-state index contributed by atoms with van der Waals surface area (Å²) in [5.74, 6) is 0. The van der Waals surface area contributed by atoms with Crippen molar-refractivity contribution in [2.45, 2.75) is 16.7 Å². The summed E-state index contributed by atoms with van der Waals surface area (Å²) in [7, 11) is -4.68. The second-order valence-electron chi connectivity index (χ2n) is 6.38. The molecule has 0 atom stereocenters. The summed E-state index contributed by atoms with van der Waals surface area (Å²) >= 11 is 0. The van der Waals surface area contributed by atoms with Crippen molar-refractivity contribution in [3.05, 3.63) is 66.2 Å². The minimum atomic E-state index is -3.86. The third kappa shape index (κ3) is 3.83. The first-order valence-corrected chi connectivity index (χ1v) is 11.1. The first kappa shape index (κ1) is 19.3. The Labute approximate surface area is 159 Å². The van der Waals surface area contributed by atoms with Gasteiger partial charge in [-0.2, -0.15) is 0 Å². The molecule has 0 aliphatic carbocycles. The minimum Gasteiger partial charge on any atom is -0.280 e. The van der Waals surface area contributed by atoms with Crippen LogP contribution in [-0.4, -0.2) is 35.2 Å². The summed E-state index contributed by atoms with van der Waals surface area (Å²) in [6.07, 6.45) is 0. The molecule has 0 aliphatic rings. The van der Waals surface area contributed by atoms with Crippen molar-refractivity contribution in [1.29, 1.82) is 0 Å². The molecule has 0 saturated carbocycles. The molecular weight excluding hydrogens is 384 g/mol. The van der Waals surface area contributed by atoms with Crippen molar-refractivity contribution in [3.63, 3.8) is 0 Å². The highest BCUT2D eigenvalue weighted by atomic mass is 32.2. The first-order chi connectivity index (χ1) is 12.6. The number of rotatable bonds is 5. The van der Waals surface area contributed by atoms with Crippen molar-refractivity contribution in [3.8, 4) is 0 Å². The predicted molar refractivity (Wildman–Crippen MR) is 107 cm³/mol. The van der Waals surface area contributed by atoms with Gasteiger partial charge in [0.15, 0.2) is 0 Å². The Hall–Kier alpha value is -2.42. The highest BCUT2D eigenvalue weighted by Gasteiger charge is 2.22. The van der Waals surface area contributed by atoms with Crippen LogP contribution < -0.4 is 4.72 Å². The SMILES string of the molecule is Cc1ccc(NS(=O)(=O)c2ccc3ccccc3c2)cc1S(=O)(=O)N(C)C. The van der Waals surface area contributed by atoms with E-state index in [9.17, 15) is 16.8 Å². The quantitative estimate of drug-likeness (QED) is 0.708. The standard InChI is InChI=1S/C19H20N2O4S2/c1-14-8-10-17(13-19(14)27(24,25)21(2)3)20-26(22,23)18-11-9-15-6-4-5-7-16(15)12-18/h4-13,20H,1-3H3. The van der Waals surface area contributed by atoms with E-state index in [1.165, 1.54) is 26.2 Å². The van der Waals surface area contributed by atoms with Gasteiger partial charge in [0.05, 0.1) is 15.5 Å². The van der Waals surface area contributed by atoms with E-state index in [1.807, 2.05) is 24.3 Å². The second kappa shape index (κ2) is 6.95. The fraction of sp³-hybridized carbons (Fsp3) is 0.158. The third-order valence-electron chi connectivity index (χ3n) is 4.23. The number of anilines is 1. The lowest BCUT2D eigenvalue weighted by Crippen LogP contribution is -2.23. The number of nitrogens with one attached hydrogen (secondary N) is 1. The zero-order chi connectivity index (χ0) is 19.8. The smallest absolute Gasteiger partial charge is 0.261 e. The maximum Gasteiger partial charge on any atom is 0.261 e. The number of fused-ring (bicyclic) bond motifs is 1. The maximum atomic E-state index is 12.8. The maximum absolute atomic E-state index is 12.8. The highest BCUT2D eigenvalue weighted by molar-refractivity contribution is 7.92. The topological polar surface area (TPSA) is 83.5 Å². The third-order valence-corrected chi connectivity index (χ3v) is 7.57. The summed E-state index contributed by atoms with van der Waals surface area (Å²) in [5.41, 5.74) is 0.728. The van der Waals surface area contributed by atoms with Gasteiger partial charge in [0, 0.05) is 14.1 Å². The van der Waals surface area contributed by atoms with Crippen LogP contribution in [0.1, 0.15) is 5.56 Å². The molecule has 1 N–H and O–H groups in total. The van der Waals surface area contributed by atoms with Crippen LogP contribution in [0.2, 0.25) is 0 Å². The molecule has 27 heavy (non-hydrogen) atoms. The largest absolute Gasteiger partial charge is 0.280 e. The molecule has 8 heteroatoms. The van der Waals surface area contributed by atoms with E-state index in [2.05, 4.69) is 4.72 Å². The van der Waals surface area contributed by atoms with E-state index >= 15 is 0 Å². The zero-order valence-corrected chi connectivity index (χ0v) is 16.8. The number of hydrogen-bond acceptors (Lipinski definition) is 4. The Bertz CT molecular complexity index is 1220. The fourth-order valence-electron chi connectivity index (χ4n) is 2.69. The van der Waals surface area contributed by atoms with E-state index in [4.69, 9.17) is 0 Å². The van der Waals surface area contributed by atoms with Crippen LogP contribution >= 0.6 is 0 Å². The molecule has 6 nitrogen and oxygen atoms in total. The molecule has 0 fully saturated rings. The normalized spacial score (nSPS) is 12.4. The molecule has 0 aromatic heterocycles. The minimum absolute atomic E-state index is 0.0613. The fourth-order valence-corrected chi connectivity index (χ4v) is 4.92. The van der Waals surface area contributed by atoms with Crippen LogP contribution in [0.15, 0.2) is 70.5 Å². The number of benzene rings is 3. The van der Waals surface area contributed by atoms with Gasteiger partial charge in [0.25, 0.3) is 10.0 Å². The number of sulfonamides is 2. The van der Waals surface area contributed by atoms with Crippen LogP contribution in [0.5, 0.6) is 0 Å². The average molecular weight is 405 g/mol. The van der Waals surface area contributed by atoms with Gasteiger partial charge >= 0.3 is 0 Å². The molecule has 0 unspecified atom stereocenters. The molecule has 0 amide bonds. The second-order valence-corrected chi connectivity index (χ2v) is 10.2. The van der Waals surface area contributed by atoms with Crippen LogP contribution in [0.4, 0.5) is 5.69 Å². The van der Waals surface area contributed by atoms with E-state index < -0.39 is 20.0 Å². The molecule has 0 saturated heterocycles. The van der Waals surface area contributed by atoms with E-state index in [-0.39, 0.29) is 15.5 Å². The van der Waals surface area contributed by atoms with Crippen molar-refractivity contribution in [1.82, 2.24) is 4.31 Å². The Morgan fingerprint density at radius 1 is 0.815 bits per heavy atom. The van der Waals surface area contributed by atoms with Crippen molar-refractivity contribution in [2.75, 3.05) is 18.8 Å². The van der Waals surface area contributed by atoms with Gasteiger partial charge in [-0.1, -0.05) is 36.4 Å². The van der Waals surface area contributed by atoms with Crippen molar-refractivity contribution >= 4 is 36.5 Å². The summed E-state index contributed by atoms with van der Waals surface area (Å²) in [5, 5.41) is 1.74. The molecular formula is C19H20N2O4S2. The van der Waals surface area contributed by atoms with Gasteiger partial charge in [-0.05, 0) is 47.5 Å². The molecule has 0 radical (unpaired) electrons. The molecule has 0 spiro atoms. The van der Waals surface area contributed by atoms with Crippen LogP contribution in [-0.2, 0) is 20.0 Å². The number of aryl methyl sites for hydroxylation is 1. The van der Waals surface area contributed by atoms with Gasteiger partial charge in [0.2, 0.25) is 10.0 Å². The average Bonchev–Trinajstić information content (AvgIpc) is 2.62. The summed E-state index contributed by atoms with van der Waals surface area (Å²) < 4.78 is 53.9. The Morgan fingerprint density at radius 2 is 1.48 bits per heavy atom. The van der Waals surface area contributed by atoms with Crippen LogP contribution in [0.3, 0.4) is 0 Å². The van der Waals surface area contributed by atoms with Gasteiger partial charge in [-0.3, -0.25) is 4.72 Å². The molecule has 0 bridgehead atoms. The lowest BCUT2D eigenvalue weighted by atomic mass is 10.1. The molecule has 142 valence electrons. The molecule has 3 aromatic carbocycles. The van der Waals surface area contributed by atoms with E-state index in [0.29, 0.717) is 5.56 Å². The van der Waals surface area contributed by atoms with Gasteiger partial charge in [-0.15, -0.1) is 0 Å². The van der Waals surface area contributed by atoms with Crippen LogP contribution in [0, 0.1) is 6.92 Å². The lowest BCUT2D eigenvalue weighted by Gasteiger charge is -2.15. The molecule has 3 rings (SSSR count). The van der Waals surface area contributed by atoms with Gasteiger partial charge in [0.1, 0.15) is 0 Å². The predicted octanol–water partition coefficient (Wildman–Crippen LogP) is 3.20. The zero-order valence-electron chi connectivity index (χ0n) is 15.2. The summed E-state index contributed by atoms with van der Waals surface area (Å²) in [6.45, 7) is 1.66. The lowest BCUT2D eigenvalue weighted by molar-refractivity contribution is 0.520. The Balaban J connectivity index is 2.00. The van der Waals surface area contributed by atoms with Gasteiger partial charge in [-0.25, -0.2) is 21.1 Å². The first-order valence-electron chi connectivity index (χ1n) is 8.16. The summed E-state index contributed by atoms with van der Waals surface area (Å²) in [6, 6.07) is 16.8. The Morgan fingerprint density at radius 3 is 2.15 bits per heavy atom. The molecule has 0 aliphatic heterocycles. The summed E-state index contributed by atoms with van der Waals surface area (Å²) in [4.78, 5) is 0.171. The van der Waals surface area contributed by atoms with Crippen molar-refractivity contribution < 1.29 is 16.8 Å². The van der Waals surface area contributed by atoms with Crippen molar-refractivity contribution in [2.24, 2.45) is 0 Å². The number of hydrogen-bond donors (Lipinski definition) is 1. The van der Waals surface area contributed by atoms with E-state index in [1.54, 1.807) is 31.2 Å².